The van der Waals surface area contributed by atoms with Gasteiger partial charge in [0.25, 0.3) is 0 Å². The van der Waals surface area contributed by atoms with Gasteiger partial charge in [-0.15, -0.1) is 0 Å². The number of carbonyl (C=O) groups is 1. The van der Waals surface area contributed by atoms with Crippen molar-refractivity contribution in [1.82, 2.24) is 14.8 Å². The number of anilines is 1. The van der Waals surface area contributed by atoms with Crippen LogP contribution in [0.25, 0.3) is 0 Å². The van der Waals surface area contributed by atoms with E-state index in [1.807, 2.05) is 18.0 Å². The zero-order valence-corrected chi connectivity index (χ0v) is 16.0. The van der Waals surface area contributed by atoms with Crippen molar-refractivity contribution in [1.29, 1.82) is 0 Å². The molecule has 0 N–H and O–H groups in total. The number of morpholine rings is 1. The van der Waals surface area contributed by atoms with E-state index < -0.39 is 0 Å². The molecular formula is C17H25BrN4O2. The topological polar surface area (TPSA) is 48.9 Å². The van der Waals surface area contributed by atoms with Crippen LogP contribution in [0.5, 0.6) is 0 Å². The minimum atomic E-state index is -0.0649. The van der Waals surface area contributed by atoms with Crippen molar-refractivity contribution in [3.8, 4) is 0 Å². The van der Waals surface area contributed by atoms with E-state index in [2.05, 4.69) is 43.7 Å². The van der Waals surface area contributed by atoms with E-state index in [9.17, 15) is 4.79 Å². The van der Waals surface area contributed by atoms with Crippen molar-refractivity contribution < 1.29 is 9.53 Å². The second kappa shape index (κ2) is 7.80. The molecule has 3 heterocycles. The van der Waals surface area contributed by atoms with Gasteiger partial charge in [0, 0.05) is 49.9 Å². The van der Waals surface area contributed by atoms with Gasteiger partial charge >= 0.3 is 0 Å². The third-order valence-corrected chi connectivity index (χ3v) is 5.73. The Kier molecular flexibility index (Phi) is 5.73. The van der Waals surface area contributed by atoms with Gasteiger partial charge in [-0.2, -0.15) is 0 Å². The minimum absolute atomic E-state index is 0.0649. The van der Waals surface area contributed by atoms with Crippen LogP contribution < -0.4 is 4.90 Å². The molecule has 2 saturated heterocycles. The maximum Gasteiger partial charge on any atom is 0.239 e. The summed E-state index contributed by atoms with van der Waals surface area (Å²) in [6.07, 6.45) is 1.86. The average molecular weight is 397 g/mol. The van der Waals surface area contributed by atoms with Crippen molar-refractivity contribution in [3.63, 3.8) is 0 Å². The molecule has 6 nitrogen and oxygen atoms in total. The normalized spacial score (nSPS) is 21.0. The Morgan fingerprint density at radius 2 is 1.88 bits per heavy atom. The molecule has 132 valence electrons. The molecule has 2 fully saturated rings. The van der Waals surface area contributed by atoms with Gasteiger partial charge in [0.2, 0.25) is 5.91 Å². The molecule has 24 heavy (non-hydrogen) atoms. The number of pyridine rings is 1. The lowest BCUT2D eigenvalue weighted by molar-refractivity contribution is -0.140. The van der Waals surface area contributed by atoms with Gasteiger partial charge < -0.3 is 14.5 Å². The highest BCUT2D eigenvalue weighted by Crippen LogP contribution is 2.21. The average Bonchev–Trinajstić information content (AvgIpc) is 2.63. The van der Waals surface area contributed by atoms with Crippen LogP contribution >= 0.6 is 15.9 Å². The van der Waals surface area contributed by atoms with Crippen LogP contribution in [0.1, 0.15) is 12.5 Å². The Labute approximate surface area is 151 Å². The lowest BCUT2D eigenvalue weighted by atomic mass is 10.2. The lowest BCUT2D eigenvalue weighted by Crippen LogP contribution is -2.56. The molecule has 1 amide bonds. The van der Waals surface area contributed by atoms with Crippen LogP contribution in [0.15, 0.2) is 16.7 Å². The molecule has 0 aliphatic carbocycles. The molecule has 2 aliphatic rings. The maximum absolute atomic E-state index is 12.6. The second-order valence-corrected chi connectivity index (χ2v) is 7.28. The molecule has 0 aromatic carbocycles. The number of amides is 1. The zero-order valence-electron chi connectivity index (χ0n) is 14.4. The monoisotopic (exact) mass is 396 g/mol. The van der Waals surface area contributed by atoms with E-state index in [4.69, 9.17) is 4.74 Å². The summed E-state index contributed by atoms with van der Waals surface area (Å²) in [6.45, 7) is 10.4. The molecule has 2 aliphatic heterocycles. The first-order valence-corrected chi connectivity index (χ1v) is 9.33. The predicted molar refractivity (Wildman–Crippen MR) is 97.3 cm³/mol. The van der Waals surface area contributed by atoms with Crippen LogP contribution in [0.4, 0.5) is 5.82 Å². The summed E-state index contributed by atoms with van der Waals surface area (Å²) in [7, 11) is 0. The van der Waals surface area contributed by atoms with Crippen molar-refractivity contribution in [2.45, 2.75) is 19.9 Å². The van der Waals surface area contributed by atoms with Crippen LogP contribution in [0, 0.1) is 6.92 Å². The third-order valence-electron chi connectivity index (χ3n) is 4.90. The van der Waals surface area contributed by atoms with Crippen LogP contribution in [0.2, 0.25) is 0 Å². The first kappa shape index (κ1) is 17.6. The molecule has 1 aromatic rings. The summed E-state index contributed by atoms with van der Waals surface area (Å²) in [4.78, 5) is 23.6. The summed E-state index contributed by atoms with van der Waals surface area (Å²) in [6, 6.07) is 2.05. The molecular weight excluding hydrogens is 372 g/mol. The fourth-order valence-electron chi connectivity index (χ4n) is 3.24. The number of piperazine rings is 1. The highest BCUT2D eigenvalue weighted by atomic mass is 79.9. The van der Waals surface area contributed by atoms with E-state index in [0.717, 1.165) is 36.5 Å². The summed E-state index contributed by atoms with van der Waals surface area (Å²) in [5.41, 5.74) is 1.19. The molecule has 0 spiro atoms. The highest BCUT2D eigenvalue weighted by molar-refractivity contribution is 9.10. The van der Waals surface area contributed by atoms with E-state index in [0.29, 0.717) is 26.3 Å². The Bertz CT molecular complexity index is 584. The number of aromatic nitrogens is 1. The maximum atomic E-state index is 12.6. The van der Waals surface area contributed by atoms with E-state index >= 15 is 0 Å². The summed E-state index contributed by atoms with van der Waals surface area (Å²) < 4.78 is 6.37. The van der Waals surface area contributed by atoms with Gasteiger partial charge in [0.05, 0.1) is 19.3 Å². The van der Waals surface area contributed by atoms with Crippen LogP contribution in [-0.4, -0.2) is 79.2 Å². The summed E-state index contributed by atoms with van der Waals surface area (Å²) in [5, 5.41) is 0. The number of aryl methyl sites for hydroxylation is 1. The summed E-state index contributed by atoms with van der Waals surface area (Å²) in [5.74, 6) is 1.24. The number of hydrogen-bond acceptors (Lipinski definition) is 5. The quantitative estimate of drug-likeness (QED) is 0.774. The van der Waals surface area contributed by atoms with E-state index in [-0.39, 0.29) is 11.9 Å². The predicted octanol–water partition coefficient (Wildman–Crippen LogP) is 1.52. The number of rotatable bonds is 3. The van der Waals surface area contributed by atoms with E-state index in [1.165, 1.54) is 5.56 Å². The molecule has 7 heteroatoms. The highest BCUT2D eigenvalue weighted by Gasteiger charge is 2.29. The van der Waals surface area contributed by atoms with Gasteiger partial charge in [-0.25, -0.2) is 4.98 Å². The van der Waals surface area contributed by atoms with Gasteiger partial charge in [-0.3, -0.25) is 9.69 Å². The molecule has 0 bridgehead atoms. The molecule has 0 radical (unpaired) electrons. The number of halogens is 1. The Balaban J connectivity index is 1.55. The largest absolute Gasteiger partial charge is 0.378 e. The van der Waals surface area contributed by atoms with Gasteiger partial charge in [-0.05, 0) is 41.4 Å². The van der Waals surface area contributed by atoms with Gasteiger partial charge in [-0.1, -0.05) is 0 Å². The summed E-state index contributed by atoms with van der Waals surface area (Å²) >= 11 is 3.50. The molecule has 1 unspecified atom stereocenters. The van der Waals surface area contributed by atoms with Crippen molar-refractivity contribution in [3.05, 3.63) is 22.3 Å². The van der Waals surface area contributed by atoms with Crippen molar-refractivity contribution in [2.24, 2.45) is 0 Å². The Morgan fingerprint density at radius 1 is 1.21 bits per heavy atom. The molecule has 1 atom stereocenters. The van der Waals surface area contributed by atoms with E-state index in [1.54, 1.807) is 0 Å². The number of ether oxygens (including phenoxy) is 1. The molecule has 1 aromatic heterocycles. The minimum Gasteiger partial charge on any atom is -0.378 e. The fraction of sp³-hybridized carbons (Fsp3) is 0.647. The van der Waals surface area contributed by atoms with Gasteiger partial charge in [0.1, 0.15) is 5.82 Å². The Hall–Kier alpha value is -1.18. The van der Waals surface area contributed by atoms with Gasteiger partial charge in [0.15, 0.2) is 0 Å². The molecule has 3 rings (SSSR count). The number of hydrogen-bond donors (Lipinski definition) is 0. The smallest absolute Gasteiger partial charge is 0.239 e. The van der Waals surface area contributed by atoms with Crippen molar-refractivity contribution >= 4 is 27.7 Å². The lowest BCUT2D eigenvalue weighted by Gasteiger charge is -2.40. The fourth-order valence-corrected chi connectivity index (χ4v) is 3.46. The first-order chi connectivity index (χ1) is 11.6. The van der Waals surface area contributed by atoms with Crippen molar-refractivity contribution in [2.75, 3.05) is 57.4 Å². The number of carbonyl (C=O) groups excluding carboxylic acids is 1. The Morgan fingerprint density at radius 3 is 2.50 bits per heavy atom. The van der Waals surface area contributed by atoms with Crippen LogP contribution in [0.3, 0.4) is 0 Å². The third kappa shape index (κ3) is 3.90. The number of nitrogens with zero attached hydrogens (tertiary/aromatic N) is 4. The standard InChI is InChI=1S/C17H25BrN4O2/c1-13-11-16(19-12-15(13)18)21-5-3-20(4-6-21)14(2)17(23)22-7-9-24-10-8-22/h11-12,14H,3-10H2,1-2H3. The zero-order chi connectivity index (χ0) is 17.1. The first-order valence-electron chi connectivity index (χ1n) is 8.54. The second-order valence-electron chi connectivity index (χ2n) is 6.43. The van der Waals surface area contributed by atoms with Crippen LogP contribution in [-0.2, 0) is 9.53 Å². The molecule has 0 saturated carbocycles. The SMILES string of the molecule is Cc1cc(N2CCN(C(C)C(=O)N3CCOCC3)CC2)ncc1Br.